The normalized spacial score (nSPS) is 40.1. The lowest BCUT2D eigenvalue weighted by Gasteiger charge is -2.41. The highest BCUT2D eigenvalue weighted by molar-refractivity contribution is 4.85. The number of ether oxygens (including phenoxy) is 1. The van der Waals surface area contributed by atoms with Gasteiger partial charge in [0.25, 0.3) is 0 Å². The standard InChI is InChI=1S/C24H44O/c1-3-5-6-7-20-10-17-24(25-18-20)23-15-13-22(14-16-23)21-11-8-19(4-2)9-12-21/h19-24H,3-18H2,1-2H3. The molecule has 0 aromatic carbocycles. The summed E-state index contributed by atoms with van der Waals surface area (Å²) < 4.78 is 6.37. The third-order valence-corrected chi connectivity index (χ3v) is 8.10. The molecule has 0 aromatic rings. The van der Waals surface area contributed by atoms with E-state index in [4.69, 9.17) is 4.74 Å². The van der Waals surface area contributed by atoms with Gasteiger partial charge >= 0.3 is 0 Å². The van der Waals surface area contributed by atoms with Gasteiger partial charge in [-0.3, -0.25) is 0 Å². The van der Waals surface area contributed by atoms with E-state index in [-0.39, 0.29) is 0 Å². The van der Waals surface area contributed by atoms with Crippen molar-refractivity contribution in [3.8, 4) is 0 Å². The summed E-state index contributed by atoms with van der Waals surface area (Å²) in [6.07, 6.45) is 22.4. The van der Waals surface area contributed by atoms with E-state index in [1.807, 2.05) is 0 Å². The summed E-state index contributed by atoms with van der Waals surface area (Å²) >= 11 is 0. The van der Waals surface area contributed by atoms with E-state index in [0.717, 1.165) is 36.2 Å². The number of unbranched alkanes of at least 4 members (excludes halogenated alkanes) is 2. The summed E-state index contributed by atoms with van der Waals surface area (Å²) in [4.78, 5) is 0. The maximum Gasteiger partial charge on any atom is 0.0603 e. The first kappa shape index (κ1) is 19.7. The molecular formula is C24H44O. The van der Waals surface area contributed by atoms with Crippen LogP contribution in [-0.2, 0) is 4.74 Å². The lowest BCUT2D eigenvalue weighted by atomic mass is 9.68. The van der Waals surface area contributed by atoms with Crippen LogP contribution in [0.1, 0.15) is 110 Å². The van der Waals surface area contributed by atoms with Crippen molar-refractivity contribution in [1.29, 1.82) is 0 Å². The van der Waals surface area contributed by atoms with Gasteiger partial charge in [-0.05, 0) is 87.4 Å². The molecule has 2 saturated carbocycles. The van der Waals surface area contributed by atoms with Crippen molar-refractivity contribution in [2.75, 3.05) is 6.61 Å². The summed E-state index contributed by atoms with van der Waals surface area (Å²) in [7, 11) is 0. The quantitative estimate of drug-likeness (QED) is 0.436. The Labute approximate surface area is 157 Å². The molecule has 0 radical (unpaired) electrons. The molecule has 1 heteroatoms. The van der Waals surface area contributed by atoms with E-state index in [1.54, 1.807) is 0 Å². The third kappa shape index (κ3) is 5.72. The van der Waals surface area contributed by atoms with Crippen molar-refractivity contribution in [2.45, 2.75) is 116 Å². The van der Waals surface area contributed by atoms with Crippen LogP contribution in [0.4, 0.5) is 0 Å². The topological polar surface area (TPSA) is 9.23 Å². The summed E-state index contributed by atoms with van der Waals surface area (Å²) in [6.45, 7) is 5.75. The lowest BCUT2D eigenvalue weighted by molar-refractivity contribution is -0.0621. The Balaban J connectivity index is 1.33. The van der Waals surface area contributed by atoms with Crippen LogP contribution in [-0.4, -0.2) is 12.7 Å². The van der Waals surface area contributed by atoms with E-state index in [2.05, 4.69) is 13.8 Å². The second-order valence-electron chi connectivity index (χ2n) is 9.67. The average Bonchev–Trinajstić information content (AvgIpc) is 2.69. The van der Waals surface area contributed by atoms with Crippen LogP contribution in [0.5, 0.6) is 0 Å². The molecule has 0 aromatic heterocycles. The van der Waals surface area contributed by atoms with Gasteiger partial charge in [0.1, 0.15) is 0 Å². The molecule has 2 unspecified atom stereocenters. The van der Waals surface area contributed by atoms with Crippen LogP contribution in [0.15, 0.2) is 0 Å². The molecule has 1 aliphatic heterocycles. The molecule has 0 N–H and O–H groups in total. The van der Waals surface area contributed by atoms with Gasteiger partial charge in [0.15, 0.2) is 0 Å². The summed E-state index contributed by atoms with van der Waals surface area (Å²) in [6, 6.07) is 0. The molecule has 1 heterocycles. The van der Waals surface area contributed by atoms with E-state index in [0.29, 0.717) is 6.10 Å². The maximum atomic E-state index is 6.37. The largest absolute Gasteiger partial charge is 0.378 e. The second kappa shape index (κ2) is 10.3. The molecule has 1 nitrogen and oxygen atoms in total. The van der Waals surface area contributed by atoms with Crippen molar-refractivity contribution in [3.63, 3.8) is 0 Å². The van der Waals surface area contributed by atoms with Crippen LogP contribution in [0.2, 0.25) is 0 Å². The monoisotopic (exact) mass is 348 g/mol. The molecule has 2 atom stereocenters. The minimum Gasteiger partial charge on any atom is -0.378 e. The van der Waals surface area contributed by atoms with Crippen molar-refractivity contribution in [3.05, 3.63) is 0 Å². The fourth-order valence-electron chi connectivity index (χ4n) is 6.16. The van der Waals surface area contributed by atoms with Gasteiger partial charge in [0, 0.05) is 6.61 Å². The summed E-state index contributed by atoms with van der Waals surface area (Å²) in [5.41, 5.74) is 0. The van der Waals surface area contributed by atoms with Crippen LogP contribution < -0.4 is 0 Å². The van der Waals surface area contributed by atoms with Gasteiger partial charge in [-0.2, -0.15) is 0 Å². The average molecular weight is 349 g/mol. The van der Waals surface area contributed by atoms with Gasteiger partial charge in [0.2, 0.25) is 0 Å². The molecule has 3 fully saturated rings. The number of hydrogen-bond donors (Lipinski definition) is 0. The smallest absolute Gasteiger partial charge is 0.0603 e. The Kier molecular flexibility index (Phi) is 8.15. The molecule has 2 aliphatic carbocycles. The Morgan fingerprint density at radius 3 is 1.80 bits per heavy atom. The van der Waals surface area contributed by atoms with Gasteiger partial charge in [-0.1, -0.05) is 52.4 Å². The molecule has 0 amide bonds. The van der Waals surface area contributed by atoms with Crippen LogP contribution in [0, 0.1) is 29.6 Å². The highest BCUT2D eigenvalue weighted by Gasteiger charge is 2.34. The number of rotatable bonds is 7. The maximum absolute atomic E-state index is 6.37. The fraction of sp³-hybridized carbons (Fsp3) is 1.00. The van der Waals surface area contributed by atoms with Crippen LogP contribution in [0.3, 0.4) is 0 Å². The zero-order chi connectivity index (χ0) is 17.5. The first-order valence-corrected chi connectivity index (χ1v) is 11.9. The molecular weight excluding hydrogens is 304 g/mol. The van der Waals surface area contributed by atoms with Gasteiger partial charge < -0.3 is 4.74 Å². The van der Waals surface area contributed by atoms with Crippen LogP contribution >= 0.6 is 0 Å². The van der Waals surface area contributed by atoms with Crippen molar-refractivity contribution >= 4 is 0 Å². The fourth-order valence-corrected chi connectivity index (χ4v) is 6.16. The number of hydrogen-bond acceptors (Lipinski definition) is 1. The lowest BCUT2D eigenvalue weighted by Crippen LogP contribution is -2.35. The predicted molar refractivity (Wildman–Crippen MR) is 108 cm³/mol. The first-order chi connectivity index (χ1) is 12.3. The van der Waals surface area contributed by atoms with E-state index in [9.17, 15) is 0 Å². The molecule has 1 saturated heterocycles. The van der Waals surface area contributed by atoms with E-state index < -0.39 is 0 Å². The zero-order valence-electron chi connectivity index (χ0n) is 17.2. The van der Waals surface area contributed by atoms with E-state index >= 15 is 0 Å². The zero-order valence-corrected chi connectivity index (χ0v) is 17.2. The van der Waals surface area contributed by atoms with Gasteiger partial charge in [-0.15, -0.1) is 0 Å². The minimum atomic E-state index is 0.610. The Morgan fingerprint density at radius 1 is 0.640 bits per heavy atom. The molecule has 146 valence electrons. The third-order valence-electron chi connectivity index (χ3n) is 8.10. The Morgan fingerprint density at radius 2 is 1.24 bits per heavy atom. The molecule has 25 heavy (non-hydrogen) atoms. The Bertz CT molecular complexity index is 341. The predicted octanol–water partition coefficient (Wildman–Crippen LogP) is 7.38. The minimum absolute atomic E-state index is 0.610. The van der Waals surface area contributed by atoms with E-state index in [1.165, 1.54) is 96.3 Å². The first-order valence-electron chi connectivity index (χ1n) is 11.9. The van der Waals surface area contributed by atoms with Crippen molar-refractivity contribution < 1.29 is 4.74 Å². The summed E-state index contributed by atoms with van der Waals surface area (Å²) in [5.74, 6) is 4.93. The Hall–Kier alpha value is -0.0400. The molecule has 0 spiro atoms. The second-order valence-corrected chi connectivity index (χ2v) is 9.67. The van der Waals surface area contributed by atoms with Gasteiger partial charge in [-0.25, -0.2) is 0 Å². The highest BCUT2D eigenvalue weighted by atomic mass is 16.5. The van der Waals surface area contributed by atoms with Crippen LogP contribution in [0.25, 0.3) is 0 Å². The molecule has 3 rings (SSSR count). The van der Waals surface area contributed by atoms with Crippen molar-refractivity contribution in [2.24, 2.45) is 29.6 Å². The molecule has 3 aliphatic rings. The summed E-state index contributed by atoms with van der Waals surface area (Å²) in [5, 5.41) is 0. The van der Waals surface area contributed by atoms with Crippen molar-refractivity contribution in [1.82, 2.24) is 0 Å². The highest BCUT2D eigenvalue weighted by Crippen LogP contribution is 2.44. The SMILES string of the molecule is CCCCCC1CCC(C2CCC(C3CCC(CC)CC3)CC2)OC1. The molecule has 0 bridgehead atoms. The van der Waals surface area contributed by atoms with Gasteiger partial charge in [0.05, 0.1) is 6.10 Å².